The molecule has 0 atom stereocenters. The summed E-state index contributed by atoms with van der Waals surface area (Å²) >= 11 is 0. The van der Waals surface area contributed by atoms with Gasteiger partial charge in [0.05, 0.1) is 18.6 Å². The highest BCUT2D eigenvalue weighted by Crippen LogP contribution is 2.19. The van der Waals surface area contributed by atoms with Crippen molar-refractivity contribution in [3.63, 3.8) is 0 Å². The lowest BCUT2D eigenvalue weighted by atomic mass is 10.1. The van der Waals surface area contributed by atoms with Gasteiger partial charge in [0.2, 0.25) is 5.76 Å². The number of oxazole rings is 1. The van der Waals surface area contributed by atoms with E-state index in [0.717, 1.165) is 0 Å². The Labute approximate surface area is 99.5 Å². The van der Waals surface area contributed by atoms with Gasteiger partial charge in [-0.15, -0.1) is 0 Å². The SMILES string of the molecule is COCc1nc(CC(C)(C)OC)oc1C(=O)O. The van der Waals surface area contributed by atoms with Gasteiger partial charge >= 0.3 is 5.97 Å². The van der Waals surface area contributed by atoms with Crippen LogP contribution >= 0.6 is 0 Å². The molecule has 0 fully saturated rings. The minimum absolute atomic E-state index is 0.110. The Bertz CT molecular complexity index is 397. The first-order chi connectivity index (χ1) is 7.89. The second kappa shape index (κ2) is 5.29. The normalized spacial score (nSPS) is 11.8. The summed E-state index contributed by atoms with van der Waals surface area (Å²) in [6, 6.07) is 0. The fourth-order valence-corrected chi connectivity index (χ4v) is 1.31. The number of ether oxygens (including phenoxy) is 2. The Hall–Kier alpha value is -1.40. The number of aromatic carboxylic acids is 1. The summed E-state index contributed by atoms with van der Waals surface area (Å²) < 4.78 is 15.3. The second-order valence-corrected chi connectivity index (χ2v) is 4.26. The van der Waals surface area contributed by atoms with Crippen LogP contribution in [0.2, 0.25) is 0 Å². The van der Waals surface area contributed by atoms with Crippen molar-refractivity contribution in [1.82, 2.24) is 4.98 Å². The van der Waals surface area contributed by atoms with E-state index in [9.17, 15) is 4.79 Å². The average Bonchev–Trinajstić information content (AvgIpc) is 2.61. The van der Waals surface area contributed by atoms with Crippen molar-refractivity contribution in [3.05, 3.63) is 17.3 Å². The minimum atomic E-state index is -1.15. The number of rotatable bonds is 6. The molecule has 0 saturated carbocycles. The van der Waals surface area contributed by atoms with E-state index >= 15 is 0 Å². The summed E-state index contributed by atoms with van der Waals surface area (Å²) in [5.74, 6) is -0.985. The lowest BCUT2D eigenvalue weighted by molar-refractivity contribution is 0.0176. The second-order valence-electron chi connectivity index (χ2n) is 4.26. The molecule has 1 N–H and O–H groups in total. The van der Waals surface area contributed by atoms with Gasteiger partial charge in [0.1, 0.15) is 5.69 Å². The highest BCUT2D eigenvalue weighted by atomic mass is 16.5. The van der Waals surface area contributed by atoms with Crippen LogP contribution in [0.25, 0.3) is 0 Å². The summed E-state index contributed by atoms with van der Waals surface area (Å²) in [4.78, 5) is 15.0. The third kappa shape index (κ3) is 3.54. The molecule has 0 aliphatic rings. The molecule has 1 rings (SSSR count). The van der Waals surface area contributed by atoms with Crippen molar-refractivity contribution in [2.75, 3.05) is 14.2 Å². The standard InChI is InChI=1S/C11H17NO5/c1-11(2,16-4)5-8-12-7(6-15-3)9(17-8)10(13)14/h5-6H2,1-4H3,(H,13,14). The quantitative estimate of drug-likeness (QED) is 0.815. The van der Waals surface area contributed by atoms with Crippen LogP contribution in [0.1, 0.15) is 36.0 Å². The van der Waals surface area contributed by atoms with E-state index in [1.807, 2.05) is 13.8 Å². The summed E-state index contributed by atoms with van der Waals surface area (Å²) in [5, 5.41) is 8.94. The zero-order valence-electron chi connectivity index (χ0n) is 10.4. The molecule has 1 heterocycles. The Kier molecular flexibility index (Phi) is 4.25. The predicted octanol–water partition coefficient (Wildman–Crippen LogP) is 1.49. The number of hydrogen-bond donors (Lipinski definition) is 1. The van der Waals surface area contributed by atoms with E-state index < -0.39 is 11.6 Å². The Morgan fingerprint density at radius 3 is 2.59 bits per heavy atom. The summed E-state index contributed by atoms with van der Waals surface area (Å²) in [6.45, 7) is 3.85. The van der Waals surface area contributed by atoms with Crippen LogP contribution in [0.4, 0.5) is 0 Å². The average molecular weight is 243 g/mol. The van der Waals surface area contributed by atoms with E-state index in [0.29, 0.717) is 18.0 Å². The van der Waals surface area contributed by atoms with Gasteiger partial charge in [-0.05, 0) is 13.8 Å². The molecule has 0 radical (unpaired) electrons. The molecule has 0 spiro atoms. The van der Waals surface area contributed by atoms with Gasteiger partial charge in [0.25, 0.3) is 0 Å². The van der Waals surface area contributed by atoms with Gasteiger partial charge in [-0.25, -0.2) is 9.78 Å². The number of hydrogen-bond acceptors (Lipinski definition) is 5. The van der Waals surface area contributed by atoms with Crippen molar-refractivity contribution in [2.45, 2.75) is 32.5 Å². The third-order valence-electron chi connectivity index (χ3n) is 2.35. The largest absolute Gasteiger partial charge is 0.475 e. The monoisotopic (exact) mass is 243 g/mol. The third-order valence-corrected chi connectivity index (χ3v) is 2.35. The number of nitrogens with zero attached hydrogens (tertiary/aromatic N) is 1. The molecular formula is C11H17NO5. The maximum absolute atomic E-state index is 10.9. The molecule has 0 saturated heterocycles. The number of carbonyl (C=O) groups is 1. The van der Waals surface area contributed by atoms with Gasteiger partial charge in [0, 0.05) is 14.2 Å². The molecular weight excluding hydrogens is 226 g/mol. The number of aromatic nitrogens is 1. The minimum Gasteiger partial charge on any atom is -0.475 e. The lowest BCUT2D eigenvalue weighted by Gasteiger charge is -2.20. The van der Waals surface area contributed by atoms with Crippen molar-refractivity contribution >= 4 is 5.97 Å². The van der Waals surface area contributed by atoms with Crippen molar-refractivity contribution in [3.8, 4) is 0 Å². The van der Waals surface area contributed by atoms with Crippen LogP contribution in [-0.4, -0.2) is 35.9 Å². The van der Waals surface area contributed by atoms with Crippen LogP contribution in [0, 0.1) is 0 Å². The van der Waals surface area contributed by atoms with Crippen molar-refractivity contribution in [2.24, 2.45) is 0 Å². The summed E-state index contributed by atoms with van der Waals surface area (Å²) in [6.07, 6.45) is 0.396. The van der Waals surface area contributed by atoms with Crippen LogP contribution in [0.15, 0.2) is 4.42 Å². The fourth-order valence-electron chi connectivity index (χ4n) is 1.31. The first-order valence-corrected chi connectivity index (χ1v) is 5.15. The molecule has 1 aromatic heterocycles. The first kappa shape index (κ1) is 13.7. The number of methoxy groups -OCH3 is 2. The molecule has 0 aliphatic carbocycles. The molecule has 0 amide bonds. The van der Waals surface area contributed by atoms with Crippen LogP contribution in [0.5, 0.6) is 0 Å². The summed E-state index contributed by atoms with van der Waals surface area (Å²) in [7, 11) is 3.05. The molecule has 0 aliphatic heterocycles. The molecule has 6 heteroatoms. The topological polar surface area (TPSA) is 81.8 Å². The van der Waals surface area contributed by atoms with E-state index in [4.69, 9.17) is 19.0 Å². The van der Waals surface area contributed by atoms with Crippen LogP contribution in [0.3, 0.4) is 0 Å². The van der Waals surface area contributed by atoms with Gasteiger partial charge in [-0.3, -0.25) is 0 Å². The number of carboxylic acids is 1. The zero-order valence-corrected chi connectivity index (χ0v) is 10.4. The molecule has 1 aromatic rings. The maximum Gasteiger partial charge on any atom is 0.373 e. The van der Waals surface area contributed by atoms with Crippen LogP contribution < -0.4 is 0 Å². The zero-order chi connectivity index (χ0) is 13.1. The molecule has 0 bridgehead atoms. The summed E-state index contributed by atoms with van der Waals surface area (Å²) in [5.41, 5.74) is -0.160. The van der Waals surface area contributed by atoms with E-state index in [1.54, 1.807) is 7.11 Å². The highest BCUT2D eigenvalue weighted by Gasteiger charge is 2.25. The van der Waals surface area contributed by atoms with Crippen molar-refractivity contribution in [1.29, 1.82) is 0 Å². The number of carboxylic acid groups (broad SMARTS) is 1. The molecule has 6 nitrogen and oxygen atoms in total. The smallest absolute Gasteiger partial charge is 0.373 e. The Morgan fingerprint density at radius 2 is 2.12 bits per heavy atom. The van der Waals surface area contributed by atoms with Gasteiger partial charge in [0.15, 0.2) is 5.89 Å². The predicted molar refractivity (Wildman–Crippen MR) is 59.0 cm³/mol. The van der Waals surface area contributed by atoms with E-state index in [-0.39, 0.29) is 12.4 Å². The maximum atomic E-state index is 10.9. The van der Waals surface area contributed by atoms with Crippen LogP contribution in [-0.2, 0) is 22.5 Å². The van der Waals surface area contributed by atoms with Gasteiger partial charge in [-0.2, -0.15) is 0 Å². The molecule has 96 valence electrons. The van der Waals surface area contributed by atoms with Gasteiger partial charge in [-0.1, -0.05) is 0 Å². The molecule has 0 unspecified atom stereocenters. The van der Waals surface area contributed by atoms with Crippen molar-refractivity contribution < 1.29 is 23.8 Å². The first-order valence-electron chi connectivity index (χ1n) is 5.15. The molecule has 17 heavy (non-hydrogen) atoms. The lowest BCUT2D eigenvalue weighted by Crippen LogP contribution is -2.25. The highest BCUT2D eigenvalue weighted by molar-refractivity contribution is 5.85. The van der Waals surface area contributed by atoms with Gasteiger partial charge < -0.3 is 19.0 Å². The fraction of sp³-hybridized carbons (Fsp3) is 0.636. The Morgan fingerprint density at radius 1 is 1.47 bits per heavy atom. The molecule has 0 aromatic carbocycles. The van der Waals surface area contributed by atoms with E-state index in [2.05, 4.69) is 4.98 Å². The Balaban J connectivity index is 2.95. The van der Waals surface area contributed by atoms with E-state index in [1.165, 1.54) is 7.11 Å².